The number of fused-ring (bicyclic) bond motifs is 1. The van der Waals surface area contributed by atoms with Gasteiger partial charge in [-0.25, -0.2) is 4.98 Å². The topological polar surface area (TPSA) is 58.3 Å². The molecule has 0 aliphatic carbocycles. The van der Waals surface area contributed by atoms with Gasteiger partial charge in [0.15, 0.2) is 0 Å². The zero-order chi connectivity index (χ0) is 14.8. The normalized spacial score (nSPS) is 17.2. The number of anilines is 2. The van der Waals surface area contributed by atoms with Gasteiger partial charge in [-0.05, 0) is 51.0 Å². The number of aromatic nitrogens is 2. The van der Waals surface area contributed by atoms with Crippen LogP contribution in [0.25, 0.3) is 10.9 Å². The van der Waals surface area contributed by atoms with Gasteiger partial charge in [0.1, 0.15) is 5.82 Å². The van der Waals surface area contributed by atoms with E-state index >= 15 is 0 Å². The van der Waals surface area contributed by atoms with Gasteiger partial charge in [-0.3, -0.25) is 0 Å². The maximum Gasteiger partial charge on any atom is 0.222 e. The molecule has 21 heavy (non-hydrogen) atoms. The van der Waals surface area contributed by atoms with Crippen molar-refractivity contribution in [3.05, 3.63) is 24.3 Å². The third kappa shape index (κ3) is 3.08. The van der Waals surface area contributed by atoms with Gasteiger partial charge in [0, 0.05) is 19.0 Å². The quantitative estimate of drug-likeness (QED) is 0.934. The molecule has 0 bridgehead atoms. The second kappa shape index (κ2) is 5.85. The summed E-state index contributed by atoms with van der Waals surface area (Å²) in [5.74, 6) is 2.01. The monoisotopic (exact) mass is 285 g/mol. The molecule has 1 saturated heterocycles. The Morgan fingerprint density at radius 1 is 1.24 bits per heavy atom. The standard InChI is InChI=1S/C16H23N5/c1-20-9-7-12(8-10-20)11-21(2)15-13-5-3-4-6-14(13)18-16(17)19-15/h3-6,12H,7-11H2,1-2H3,(H2,17,18,19). The molecule has 5 heteroatoms. The lowest BCUT2D eigenvalue weighted by molar-refractivity contribution is 0.222. The summed E-state index contributed by atoms with van der Waals surface area (Å²) in [6, 6.07) is 8.06. The molecule has 0 amide bonds. The van der Waals surface area contributed by atoms with Crippen LogP contribution in [0.5, 0.6) is 0 Å². The van der Waals surface area contributed by atoms with E-state index in [9.17, 15) is 0 Å². The van der Waals surface area contributed by atoms with Crippen LogP contribution >= 0.6 is 0 Å². The predicted molar refractivity (Wildman–Crippen MR) is 87.4 cm³/mol. The first-order chi connectivity index (χ1) is 10.1. The zero-order valence-corrected chi connectivity index (χ0v) is 12.8. The number of piperidine rings is 1. The van der Waals surface area contributed by atoms with Crippen molar-refractivity contribution >= 4 is 22.7 Å². The van der Waals surface area contributed by atoms with Crippen molar-refractivity contribution in [3.63, 3.8) is 0 Å². The molecular formula is C16H23N5. The molecule has 0 atom stereocenters. The molecule has 0 spiro atoms. The van der Waals surface area contributed by atoms with Crippen LogP contribution in [0.2, 0.25) is 0 Å². The molecule has 0 unspecified atom stereocenters. The third-order valence-electron chi connectivity index (χ3n) is 4.33. The number of para-hydroxylation sites is 1. The Balaban J connectivity index is 1.82. The molecule has 5 nitrogen and oxygen atoms in total. The van der Waals surface area contributed by atoms with Crippen LogP contribution in [0, 0.1) is 5.92 Å². The van der Waals surface area contributed by atoms with Crippen molar-refractivity contribution in [2.24, 2.45) is 5.92 Å². The number of rotatable bonds is 3. The second-order valence-corrected chi connectivity index (χ2v) is 6.05. The molecule has 112 valence electrons. The lowest BCUT2D eigenvalue weighted by Gasteiger charge is -2.32. The van der Waals surface area contributed by atoms with Gasteiger partial charge < -0.3 is 15.5 Å². The van der Waals surface area contributed by atoms with Crippen LogP contribution in [0.3, 0.4) is 0 Å². The Kier molecular flexibility index (Phi) is 3.92. The highest BCUT2D eigenvalue weighted by atomic mass is 15.2. The van der Waals surface area contributed by atoms with Gasteiger partial charge >= 0.3 is 0 Å². The SMILES string of the molecule is CN1CCC(CN(C)c2nc(N)nc3ccccc23)CC1. The fourth-order valence-electron chi connectivity index (χ4n) is 3.09. The molecule has 1 aromatic carbocycles. The van der Waals surface area contributed by atoms with E-state index in [2.05, 4.69) is 39.9 Å². The maximum absolute atomic E-state index is 5.86. The van der Waals surface area contributed by atoms with Crippen LogP contribution < -0.4 is 10.6 Å². The Morgan fingerprint density at radius 2 is 1.95 bits per heavy atom. The van der Waals surface area contributed by atoms with E-state index in [0.717, 1.165) is 29.2 Å². The molecule has 1 aliphatic rings. The summed E-state index contributed by atoms with van der Waals surface area (Å²) in [7, 11) is 4.30. The Morgan fingerprint density at radius 3 is 2.71 bits per heavy atom. The van der Waals surface area contributed by atoms with Crippen molar-refractivity contribution in [3.8, 4) is 0 Å². The minimum atomic E-state index is 0.346. The van der Waals surface area contributed by atoms with Crippen molar-refractivity contribution in [2.75, 3.05) is 44.4 Å². The number of hydrogen-bond acceptors (Lipinski definition) is 5. The molecule has 2 aromatic rings. The van der Waals surface area contributed by atoms with Gasteiger partial charge in [0.25, 0.3) is 0 Å². The summed E-state index contributed by atoms with van der Waals surface area (Å²) in [4.78, 5) is 13.4. The van der Waals surface area contributed by atoms with Gasteiger partial charge in [-0.2, -0.15) is 4.98 Å². The van der Waals surface area contributed by atoms with Crippen LogP contribution in [-0.2, 0) is 0 Å². The molecule has 1 aromatic heterocycles. The summed E-state index contributed by atoms with van der Waals surface area (Å²) in [6.07, 6.45) is 2.50. The van der Waals surface area contributed by atoms with Gasteiger partial charge in [-0.15, -0.1) is 0 Å². The summed E-state index contributed by atoms with van der Waals surface area (Å²) < 4.78 is 0. The fraction of sp³-hybridized carbons (Fsp3) is 0.500. The maximum atomic E-state index is 5.86. The van der Waals surface area contributed by atoms with Crippen LogP contribution in [-0.4, -0.2) is 48.6 Å². The number of nitrogen functional groups attached to an aromatic ring is 1. The van der Waals surface area contributed by atoms with Crippen LogP contribution in [0.1, 0.15) is 12.8 Å². The molecule has 3 rings (SSSR count). The first kappa shape index (κ1) is 14.1. The largest absolute Gasteiger partial charge is 0.368 e. The summed E-state index contributed by atoms with van der Waals surface area (Å²) in [6.45, 7) is 3.39. The number of nitrogens with two attached hydrogens (primary N) is 1. The highest BCUT2D eigenvalue weighted by Crippen LogP contribution is 2.26. The molecule has 1 fully saturated rings. The average Bonchev–Trinajstić information content (AvgIpc) is 2.48. The first-order valence-corrected chi connectivity index (χ1v) is 7.55. The summed E-state index contributed by atoms with van der Waals surface area (Å²) in [5.41, 5.74) is 6.77. The first-order valence-electron chi connectivity index (χ1n) is 7.55. The van der Waals surface area contributed by atoms with Gasteiger partial charge in [0.2, 0.25) is 5.95 Å². The van der Waals surface area contributed by atoms with Crippen molar-refractivity contribution in [1.82, 2.24) is 14.9 Å². The average molecular weight is 285 g/mol. The Hall–Kier alpha value is -1.88. The van der Waals surface area contributed by atoms with Crippen LogP contribution in [0.4, 0.5) is 11.8 Å². The molecule has 0 saturated carbocycles. The van der Waals surface area contributed by atoms with E-state index in [-0.39, 0.29) is 0 Å². The number of benzene rings is 1. The van der Waals surface area contributed by atoms with E-state index < -0.39 is 0 Å². The zero-order valence-electron chi connectivity index (χ0n) is 12.8. The second-order valence-electron chi connectivity index (χ2n) is 6.05. The van der Waals surface area contributed by atoms with Crippen molar-refractivity contribution in [2.45, 2.75) is 12.8 Å². The van der Waals surface area contributed by atoms with E-state index in [1.54, 1.807) is 0 Å². The van der Waals surface area contributed by atoms with Crippen molar-refractivity contribution < 1.29 is 0 Å². The lowest BCUT2D eigenvalue weighted by atomic mass is 9.96. The van der Waals surface area contributed by atoms with Gasteiger partial charge in [-0.1, -0.05) is 12.1 Å². The minimum Gasteiger partial charge on any atom is -0.368 e. The van der Waals surface area contributed by atoms with E-state index in [1.165, 1.54) is 25.9 Å². The highest BCUT2D eigenvalue weighted by Gasteiger charge is 2.20. The predicted octanol–water partition coefficient (Wildman–Crippen LogP) is 1.99. The number of nitrogens with zero attached hydrogens (tertiary/aromatic N) is 4. The Bertz CT molecular complexity index is 619. The van der Waals surface area contributed by atoms with Crippen molar-refractivity contribution in [1.29, 1.82) is 0 Å². The molecule has 2 heterocycles. The van der Waals surface area contributed by atoms with E-state index in [0.29, 0.717) is 5.95 Å². The molecule has 1 aliphatic heterocycles. The third-order valence-corrected chi connectivity index (χ3v) is 4.33. The highest BCUT2D eigenvalue weighted by molar-refractivity contribution is 5.90. The van der Waals surface area contributed by atoms with Gasteiger partial charge in [0.05, 0.1) is 5.52 Å². The molecular weight excluding hydrogens is 262 g/mol. The number of likely N-dealkylation sites (tertiary alicyclic amines) is 1. The Labute approximate surface area is 125 Å². The van der Waals surface area contributed by atoms with E-state index in [1.807, 2.05) is 18.2 Å². The van der Waals surface area contributed by atoms with E-state index in [4.69, 9.17) is 5.73 Å². The summed E-state index contributed by atoms with van der Waals surface area (Å²) >= 11 is 0. The fourth-order valence-corrected chi connectivity index (χ4v) is 3.09. The molecule has 0 radical (unpaired) electrons. The lowest BCUT2D eigenvalue weighted by Crippen LogP contribution is -2.36. The van der Waals surface area contributed by atoms with Crippen LogP contribution in [0.15, 0.2) is 24.3 Å². The molecule has 2 N–H and O–H groups in total. The smallest absolute Gasteiger partial charge is 0.222 e. The minimum absolute atomic E-state index is 0.346. The summed E-state index contributed by atoms with van der Waals surface area (Å²) in [5, 5.41) is 1.07. The number of hydrogen-bond donors (Lipinski definition) is 1.